The summed E-state index contributed by atoms with van der Waals surface area (Å²) in [5.74, 6) is 0.387. The second kappa shape index (κ2) is 7.35. The van der Waals surface area contributed by atoms with Crippen molar-refractivity contribution < 1.29 is 22.5 Å². The lowest BCUT2D eigenvalue weighted by atomic mass is 10.1. The van der Waals surface area contributed by atoms with E-state index in [0.29, 0.717) is 17.9 Å². The summed E-state index contributed by atoms with van der Waals surface area (Å²) in [5, 5.41) is 8.12. The van der Waals surface area contributed by atoms with Crippen LogP contribution >= 0.6 is 0 Å². The normalized spacial score (nSPS) is 19.5. The van der Waals surface area contributed by atoms with Gasteiger partial charge in [0.1, 0.15) is 17.1 Å². The maximum atomic E-state index is 13.6. The van der Waals surface area contributed by atoms with Crippen molar-refractivity contribution >= 4 is 11.6 Å². The van der Waals surface area contributed by atoms with E-state index in [9.17, 15) is 18.0 Å². The van der Waals surface area contributed by atoms with Crippen molar-refractivity contribution in [2.24, 2.45) is 0 Å². The standard InChI is InChI=1S/C21H22F3N5O2/c1-2-4-13-9-15(27-31-13)17-5-3-8-28(17)20(30)16-11-19-25-14(12-6-7-12)10-18(21(22,23)24)29(19)26-16/h9-12,17H,2-8H2,1H3. The van der Waals surface area contributed by atoms with Crippen molar-refractivity contribution in [2.75, 3.05) is 6.54 Å². The smallest absolute Gasteiger partial charge is 0.361 e. The minimum Gasteiger partial charge on any atom is -0.361 e. The van der Waals surface area contributed by atoms with Crippen molar-refractivity contribution in [3.05, 3.63) is 46.7 Å². The van der Waals surface area contributed by atoms with E-state index in [0.717, 1.165) is 54.9 Å². The lowest BCUT2D eigenvalue weighted by Gasteiger charge is -2.21. The van der Waals surface area contributed by atoms with E-state index in [1.165, 1.54) is 6.07 Å². The van der Waals surface area contributed by atoms with Crippen LogP contribution in [0.4, 0.5) is 13.2 Å². The molecule has 1 amide bonds. The van der Waals surface area contributed by atoms with E-state index in [4.69, 9.17) is 4.52 Å². The summed E-state index contributed by atoms with van der Waals surface area (Å²) in [7, 11) is 0. The minimum atomic E-state index is -4.59. The SMILES string of the molecule is CCCc1cc(C2CCCN2C(=O)c2cc3nc(C4CC4)cc(C(F)(F)F)n3n2)no1. The van der Waals surface area contributed by atoms with E-state index in [2.05, 4.69) is 15.2 Å². The van der Waals surface area contributed by atoms with E-state index in [-0.39, 0.29) is 23.3 Å². The fourth-order valence-electron chi connectivity index (χ4n) is 4.20. The number of aryl methyl sites for hydroxylation is 1. The van der Waals surface area contributed by atoms with Crippen LogP contribution in [-0.2, 0) is 12.6 Å². The summed E-state index contributed by atoms with van der Waals surface area (Å²) in [4.78, 5) is 19.2. The van der Waals surface area contributed by atoms with Crippen LogP contribution in [0, 0.1) is 0 Å². The first kappa shape index (κ1) is 20.0. The third kappa shape index (κ3) is 3.68. The highest BCUT2D eigenvalue weighted by Crippen LogP contribution is 2.41. The van der Waals surface area contributed by atoms with Crippen molar-refractivity contribution in [1.82, 2.24) is 24.7 Å². The number of nitrogens with zero attached hydrogens (tertiary/aromatic N) is 5. The van der Waals surface area contributed by atoms with Crippen LogP contribution in [0.1, 0.15) is 84.3 Å². The van der Waals surface area contributed by atoms with E-state index < -0.39 is 17.8 Å². The molecule has 0 aromatic carbocycles. The first-order chi connectivity index (χ1) is 14.8. The molecule has 31 heavy (non-hydrogen) atoms. The van der Waals surface area contributed by atoms with E-state index >= 15 is 0 Å². The highest BCUT2D eigenvalue weighted by molar-refractivity contribution is 5.93. The first-order valence-corrected chi connectivity index (χ1v) is 10.6. The Kier molecular flexibility index (Phi) is 4.75. The van der Waals surface area contributed by atoms with Gasteiger partial charge in [-0.25, -0.2) is 9.50 Å². The highest BCUT2D eigenvalue weighted by Gasteiger charge is 2.39. The number of hydrogen-bond acceptors (Lipinski definition) is 5. The van der Waals surface area contributed by atoms with E-state index in [1.54, 1.807) is 4.90 Å². The van der Waals surface area contributed by atoms with Crippen LogP contribution in [-0.4, -0.2) is 37.1 Å². The second-order valence-corrected chi connectivity index (χ2v) is 8.26. The Hall–Kier alpha value is -2.91. The fraction of sp³-hybridized carbons (Fsp3) is 0.524. The monoisotopic (exact) mass is 433 g/mol. The Morgan fingerprint density at radius 2 is 2.00 bits per heavy atom. The van der Waals surface area contributed by atoms with Gasteiger partial charge >= 0.3 is 6.18 Å². The molecule has 1 saturated carbocycles. The quantitative estimate of drug-likeness (QED) is 0.590. The van der Waals surface area contributed by atoms with Gasteiger partial charge in [-0.2, -0.15) is 18.3 Å². The zero-order chi connectivity index (χ0) is 21.8. The van der Waals surface area contributed by atoms with Crippen LogP contribution in [0.3, 0.4) is 0 Å². The van der Waals surface area contributed by atoms with E-state index in [1.807, 2.05) is 13.0 Å². The second-order valence-electron chi connectivity index (χ2n) is 8.26. The van der Waals surface area contributed by atoms with Crippen molar-refractivity contribution in [3.8, 4) is 0 Å². The molecule has 0 spiro atoms. The first-order valence-electron chi connectivity index (χ1n) is 10.6. The topological polar surface area (TPSA) is 76.5 Å². The summed E-state index contributed by atoms with van der Waals surface area (Å²) < 4.78 is 47.0. The van der Waals surface area contributed by atoms with Gasteiger partial charge in [-0.15, -0.1) is 0 Å². The molecule has 3 aromatic rings. The molecule has 5 rings (SSSR count). The van der Waals surface area contributed by atoms with Crippen LogP contribution in [0.25, 0.3) is 5.65 Å². The molecule has 0 radical (unpaired) electrons. The van der Waals surface area contributed by atoms with Crippen molar-refractivity contribution in [3.63, 3.8) is 0 Å². The number of fused-ring (bicyclic) bond motifs is 1. The van der Waals surface area contributed by atoms with Gasteiger partial charge < -0.3 is 9.42 Å². The number of aromatic nitrogens is 4. The van der Waals surface area contributed by atoms with Crippen LogP contribution in [0.15, 0.2) is 22.7 Å². The Bertz CT molecular complexity index is 1130. The van der Waals surface area contributed by atoms with Crippen LogP contribution in [0.5, 0.6) is 0 Å². The molecule has 1 atom stereocenters. The molecule has 1 saturated heterocycles. The molecule has 7 nitrogen and oxygen atoms in total. The Labute approximate surface area is 176 Å². The van der Waals surface area contributed by atoms with Gasteiger partial charge in [-0.3, -0.25) is 4.79 Å². The number of halogens is 3. The summed E-state index contributed by atoms with van der Waals surface area (Å²) in [6.07, 6.45) is 0.230. The maximum Gasteiger partial charge on any atom is 0.433 e. The molecule has 164 valence electrons. The molecule has 0 bridgehead atoms. The number of rotatable bonds is 5. The molecule has 1 unspecified atom stereocenters. The Morgan fingerprint density at radius 3 is 2.71 bits per heavy atom. The molecule has 3 aromatic heterocycles. The molecular formula is C21H22F3N5O2. The zero-order valence-electron chi connectivity index (χ0n) is 17.0. The van der Waals surface area contributed by atoms with Gasteiger partial charge in [0.25, 0.3) is 5.91 Å². The average Bonchev–Trinajstić information content (AvgIpc) is 3.13. The fourth-order valence-corrected chi connectivity index (χ4v) is 4.20. The minimum absolute atomic E-state index is 0.0440. The number of carbonyl (C=O) groups is 1. The number of amides is 1. The van der Waals surface area contributed by atoms with Gasteiger partial charge in [0, 0.05) is 36.7 Å². The largest absolute Gasteiger partial charge is 0.433 e. The molecular weight excluding hydrogens is 411 g/mol. The van der Waals surface area contributed by atoms with Gasteiger partial charge in [0.2, 0.25) is 0 Å². The van der Waals surface area contributed by atoms with Crippen LogP contribution in [0.2, 0.25) is 0 Å². The van der Waals surface area contributed by atoms with Gasteiger partial charge in [0.05, 0.1) is 6.04 Å². The van der Waals surface area contributed by atoms with Gasteiger partial charge in [0.15, 0.2) is 11.3 Å². The predicted octanol–water partition coefficient (Wildman–Crippen LogP) is 4.54. The van der Waals surface area contributed by atoms with Crippen molar-refractivity contribution in [1.29, 1.82) is 0 Å². The summed E-state index contributed by atoms with van der Waals surface area (Å²) in [6.45, 7) is 2.52. The number of hydrogen-bond donors (Lipinski definition) is 0. The molecule has 1 aliphatic heterocycles. The summed E-state index contributed by atoms with van der Waals surface area (Å²) in [6, 6.07) is 3.98. The summed E-state index contributed by atoms with van der Waals surface area (Å²) in [5.41, 5.74) is 0.168. The van der Waals surface area contributed by atoms with Crippen LogP contribution < -0.4 is 0 Å². The highest BCUT2D eigenvalue weighted by atomic mass is 19.4. The maximum absolute atomic E-state index is 13.6. The Morgan fingerprint density at radius 1 is 1.19 bits per heavy atom. The average molecular weight is 433 g/mol. The lowest BCUT2D eigenvalue weighted by molar-refractivity contribution is -0.142. The molecule has 4 heterocycles. The molecule has 1 aliphatic carbocycles. The Balaban J connectivity index is 1.48. The predicted molar refractivity (Wildman–Crippen MR) is 103 cm³/mol. The third-order valence-corrected chi connectivity index (χ3v) is 5.88. The molecule has 10 heteroatoms. The van der Waals surface area contributed by atoms with Gasteiger partial charge in [-0.1, -0.05) is 12.1 Å². The van der Waals surface area contributed by atoms with Crippen molar-refractivity contribution in [2.45, 2.75) is 63.6 Å². The number of alkyl halides is 3. The molecule has 2 aliphatic rings. The number of carbonyl (C=O) groups excluding carboxylic acids is 1. The zero-order valence-corrected chi connectivity index (χ0v) is 17.0. The summed E-state index contributed by atoms with van der Waals surface area (Å²) >= 11 is 0. The molecule has 2 fully saturated rings. The lowest BCUT2D eigenvalue weighted by Crippen LogP contribution is -2.31. The van der Waals surface area contributed by atoms with Gasteiger partial charge in [-0.05, 0) is 38.2 Å². The number of likely N-dealkylation sites (tertiary alicyclic amines) is 1. The third-order valence-electron chi connectivity index (χ3n) is 5.88. The molecule has 0 N–H and O–H groups in total.